The summed E-state index contributed by atoms with van der Waals surface area (Å²) in [5, 5.41) is 0. The summed E-state index contributed by atoms with van der Waals surface area (Å²) in [7, 11) is 1.86. The van der Waals surface area contributed by atoms with E-state index in [1.807, 2.05) is 56.6 Å². The highest BCUT2D eigenvalue weighted by atomic mass is 16.7. The van der Waals surface area contributed by atoms with Crippen LogP contribution >= 0.6 is 0 Å². The summed E-state index contributed by atoms with van der Waals surface area (Å²) in [5.74, 6) is 2.50. The van der Waals surface area contributed by atoms with Gasteiger partial charge in [0.1, 0.15) is 5.82 Å². The summed E-state index contributed by atoms with van der Waals surface area (Å²) in [5.41, 5.74) is 2.16. The number of amides is 1. The van der Waals surface area contributed by atoms with E-state index in [2.05, 4.69) is 21.7 Å². The van der Waals surface area contributed by atoms with Crippen LogP contribution in [0, 0.1) is 6.92 Å². The Bertz CT molecular complexity index is 984. The first-order valence-electron chi connectivity index (χ1n) is 9.78. The van der Waals surface area contributed by atoms with Gasteiger partial charge < -0.3 is 18.9 Å². The molecule has 0 spiro atoms. The van der Waals surface area contributed by atoms with Crippen LogP contribution in [0.5, 0.6) is 11.5 Å². The molecule has 0 bridgehead atoms. The maximum atomic E-state index is 13.0. The molecular weight excluding hydrogens is 366 g/mol. The van der Waals surface area contributed by atoms with E-state index in [0.29, 0.717) is 13.0 Å². The van der Waals surface area contributed by atoms with Crippen molar-refractivity contribution in [3.63, 3.8) is 0 Å². The number of benzene rings is 2. The van der Waals surface area contributed by atoms with Gasteiger partial charge in [-0.1, -0.05) is 36.4 Å². The molecule has 0 fully saturated rings. The molecular formula is C23H25N3O3. The number of hydrogen-bond donors (Lipinski definition) is 0. The predicted molar refractivity (Wildman–Crippen MR) is 110 cm³/mol. The van der Waals surface area contributed by atoms with Gasteiger partial charge in [0, 0.05) is 44.9 Å². The van der Waals surface area contributed by atoms with Crippen LogP contribution in [0.15, 0.2) is 60.9 Å². The lowest BCUT2D eigenvalue weighted by molar-refractivity contribution is -0.130. The topological polar surface area (TPSA) is 56.6 Å². The minimum absolute atomic E-state index is 0.0457. The van der Waals surface area contributed by atoms with Gasteiger partial charge >= 0.3 is 0 Å². The summed E-state index contributed by atoms with van der Waals surface area (Å²) in [6.07, 6.45) is 4.11. The SMILES string of the molecule is Cc1nccn1CCN(C)C(=O)C[C@@H](c1ccccc1)c1ccc2c(c1)OCO2. The molecule has 2 heterocycles. The van der Waals surface area contributed by atoms with Gasteiger partial charge in [0.2, 0.25) is 12.7 Å². The highest BCUT2D eigenvalue weighted by Gasteiger charge is 2.23. The third-order valence-electron chi connectivity index (χ3n) is 5.41. The number of imidazole rings is 1. The van der Waals surface area contributed by atoms with E-state index in [9.17, 15) is 4.79 Å². The molecule has 1 aliphatic heterocycles. The zero-order chi connectivity index (χ0) is 20.2. The molecule has 1 aliphatic rings. The second kappa shape index (κ2) is 8.39. The standard InChI is InChI=1S/C23H25N3O3/c1-17-24-10-11-26(17)13-12-25(2)23(27)15-20(18-6-4-3-5-7-18)19-8-9-21-22(14-19)29-16-28-21/h3-11,14,20H,12-13,15-16H2,1-2H3/t20-/m0/s1. The number of nitrogens with zero attached hydrogens (tertiary/aromatic N) is 3. The number of rotatable bonds is 7. The van der Waals surface area contributed by atoms with Crippen LogP contribution < -0.4 is 9.47 Å². The molecule has 0 N–H and O–H groups in total. The third-order valence-corrected chi connectivity index (χ3v) is 5.41. The van der Waals surface area contributed by atoms with E-state index in [1.54, 1.807) is 11.1 Å². The molecule has 2 aromatic carbocycles. The van der Waals surface area contributed by atoms with Crippen molar-refractivity contribution in [2.45, 2.75) is 25.8 Å². The van der Waals surface area contributed by atoms with E-state index < -0.39 is 0 Å². The maximum absolute atomic E-state index is 13.0. The van der Waals surface area contributed by atoms with Crippen molar-refractivity contribution in [1.82, 2.24) is 14.5 Å². The van der Waals surface area contributed by atoms with Gasteiger partial charge in [0.05, 0.1) is 0 Å². The highest BCUT2D eigenvalue weighted by molar-refractivity contribution is 5.77. The van der Waals surface area contributed by atoms with Crippen molar-refractivity contribution in [1.29, 1.82) is 0 Å². The van der Waals surface area contributed by atoms with Gasteiger partial charge in [0.25, 0.3) is 0 Å². The lowest BCUT2D eigenvalue weighted by Gasteiger charge is -2.23. The zero-order valence-electron chi connectivity index (χ0n) is 16.7. The van der Waals surface area contributed by atoms with Crippen LogP contribution in [0.25, 0.3) is 0 Å². The average Bonchev–Trinajstić information content (AvgIpc) is 3.38. The lowest BCUT2D eigenvalue weighted by Crippen LogP contribution is -2.31. The Balaban J connectivity index is 1.51. The second-order valence-electron chi connectivity index (χ2n) is 7.26. The van der Waals surface area contributed by atoms with Crippen LogP contribution in [-0.2, 0) is 11.3 Å². The average molecular weight is 391 g/mol. The van der Waals surface area contributed by atoms with Gasteiger partial charge in [-0.15, -0.1) is 0 Å². The van der Waals surface area contributed by atoms with Crippen LogP contribution in [-0.4, -0.2) is 40.7 Å². The molecule has 6 heteroatoms. The van der Waals surface area contributed by atoms with Gasteiger partial charge in [-0.05, 0) is 30.2 Å². The molecule has 0 unspecified atom stereocenters. The molecule has 1 atom stereocenters. The molecule has 1 aromatic heterocycles. The first-order chi connectivity index (χ1) is 14.1. The summed E-state index contributed by atoms with van der Waals surface area (Å²) < 4.78 is 13.0. The first kappa shape index (κ1) is 19.1. The highest BCUT2D eigenvalue weighted by Crippen LogP contribution is 2.37. The Kier molecular flexibility index (Phi) is 5.51. The van der Waals surface area contributed by atoms with Crippen molar-refractivity contribution in [2.24, 2.45) is 0 Å². The molecule has 0 saturated heterocycles. The van der Waals surface area contributed by atoms with E-state index >= 15 is 0 Å². The third kappa shape index (κ3) is 4.26. The van der Waals surface area contributed by atoms with E-state index in [-0.39, 0.29) is 18.6 Å². The largest absolute Gasteiger partial charge is 0.454 e. The monoisotopic (exact) mass is 391 g/mol. The zero-order valence-corrected chi connectivity index (χ0v) is 16.7. The molecule has 0 aliphatic carbocycles. The fourth-order valence-electron chi connectivity index (χ4n) is 3.60. The number of fused-ring (bicyclic) bond motifs is 1. The van der Waals surface area contributed by atoms with Gasteiger partial charge in [-0.2, -0.15) is 0 Å². The minimum Gasteiger partial charge on any atom is -0.454 e. The minimum atomic E-state index is -0.0457. The Morgan fingerprint density at radius 3 is 2.69 bits per heavy atom. The van der Waals surface area contributed by atoms with Crippen LogP contribution in [0.1, 0.15) is 29.3 Å². The first-order valence-corrected chi connectivity index (χ1v) is 9.78. The Hall–Kier alpha value is -3.28. The Morgan fingerprint density at radius 1 is 1.14 bits per heavy atom. The number of aryl methyl sites for hydroxylation is 1. The molecule has 0 saturated carbocycles. The van der Waals surface area contributed by atoms with Gasteiger partial charge in [-0.3, -0.25) is 4.79 Å². The van der Waals surface area contributed by atoms with Crippen molar-refractivity contribution >= 4 is 5.91 Å². The second-order valence-corrected chi connectivity index (χ2v) is 7.26. The molecule has 6 nitrogen and oxygen atoms in total. The van der Waals surface area contributed by atoms with Crippen LogP contribution in [0.2, 0.25) is 0 Å². The van der Waals surface area contributed by atoms with Crippen LogP contribution in [0.4, 0.5) is 0 Å². The van der Waals surface area contributed by atoms with Crippen molar-refractivity contribution in [3.05, 3.63) is 77.9 Å². The van der Waals surface area contributed by atoms with E-state index in [4.69, 9.17) is 9.47 Å². The molecule has 0 radical (unpaired) electrons. The molecule has 1 amide bonds. The molecule has 4 rings (SSSR count). The van der Waals surface area contributed by atoms with Crippen molar-refractivity contribution in [2.75, 3.05) is 20.4 Å². The fourth-order valence-corrected chi connectivity index (χ4v) is 3.60. The number of carbonyl (C=O) groups excluding carboxylic acids is 1. The summed E-state index contributed by atoms with van der Waals surface area (Å²) >= 11 is 0. The van der Waals surface area contributed by atoms with E-state index in [1.165, 1.54) is 0 Å². The smallest absolute Gasteiger partial charge is 0.231 e. The molecule has 3 aromatic rings. The van der Waals surface area contributed by atoms with Gasteiger partial charge in [-0.25, -0.2) is 4.98 Å². The fraction of sp³-hybridized carbons (Fsp3) is 0.304. The molecule has 29 heavy (non-hydrogen) atoms. The lowest BCUT2D eigenvalue weighted by atomic mass is 9.88. The summed E-state index contributed by atoms with van der Waals surface area (Å²) in [4.78, 5) is 19.1. The number of aromatic nitrogens is 2. The molecule has 150 valence electrons. The number of hydrogen-bond acceptors (Lipinski definition) is 4. The van der Waals surface area contributed by atoms with Crippen molar-refractivity contribution in [3.8, 4) is 11.5 Å². The van der Waals surface area contributed by atoms with Gasteiger partial charge in [0.15, 0.2) is 11.5 Å². The number of likely N-dealkylation sites (N-methyl/N-ethyl adjacent to an activating group) is 1. The summed E-state index contributed by atoms with van der Waals surface area (Å²) in [6.45, 7) is 3.57. The predicted octanol–water partition coefficient (Wildman–Crippen LogP) is 3.60. The normalized spacial score (nSPS) is 13.3. The number of carbonyl (C=O) groups is 1. The Labute approximate surface area is 170 Å². The Morgan fingerprint density at radius 2 is 1.93 bits per heavy atom. The number of ether oxygens (including phenoxy) is 2. The quantitative estimate of drug-likeness (QED) is 0.618. The van der Waals surface area contributed by atoms with Crippen LogP contribution in [0.3, 0.4) is 0 Å². The van der Waals surface area contributed by atoms with Crippen molar-refractivity contribution < 1.29 is 14.3 Å². The summed E-state index contributed by atoms with van der Waals surface area (Å²) in [6, 6.07) is 16.1. The van der Waals surface area contributed by atoms with E-state index in [0.717, 1.165) is 35.0 Å². The maximum Gasteiger partial charge on any atom is 0.231 e.